The molecule has 1 saturated carbocycles. The van der Waals surface area contributed by atoms with E-state index in [1.165, 1.54) is 30.3 Å². The Hall–Kier alpha value is -2.41. The molecule has 0 spiro atoms. The number of esters is 1. The van der Waals surface area contributed by atoms with E-state index in [-0.39, 0.29) is 11.9 Å². The Kier molecular flexibility index (Phi) is 5.91. The molecular formula is C18H18FNO2. The molecule has 4 heteroatoms. The fraction of sp³-hybridized carbons (Fsp3) is 0.333. The van der Waals surface area contributed by atoms with Gasteiger partial charge >= 0.3 is 5.97 Å². The summed E-state index contributed by atoms with van der Waals surface area (Å²) in [5, 5.41) is 8.39. The highest BCUT2D eigenvalue weighted by molar-refractivity contribution is 5.89. The minimum atomic E-state index is -0.393. The topological polar surface area (TPSA) is 50.1 Å². The molecule has 0 atom stereocenters. The first-order chi connectivity index (χ1) is 10.7. The molecule has 1 fully saturated rings. The average Bonchev–Trinajstić information content (AvgIpc) is 2.54. The molecule has 0 amide bonds. The van der Waals surface area contributed by atoms with Gasteiger partial charge in [-0.1, -0.05) is 18.2 Å². The Morgan fingerprint density at radius 3 is 2.50 bits per heavy atom. The molecule has 0 radical (unpaired) electrons. The minimum absolute atomic E-state index is 0.0724. The van der Waals surface area contributed by atoms with Crippen molar-refractivity contribution in [2.75, 3.05) is 0 Å². The van der Waals surface area contributed by atoms with Crippen LogP contribution in [0.2, 0.25) is 0 Å². The van der Waals surface area contributed by atoms with E-state index >= 15 is 0 Å². The summed E-state index contributed by atoms with van der Waals surface area (Å²) < 4.78 is 18.3. The van der Waals surface area contributed by atoms with Crippen LogP contribution >= 0.6 is 0 Å². The van der Waals surface area contributed by atoms with Crippen molar-refractivity contribution in [3.05, 3.63) is 60.0 Å². The Balaban J connectivity index is 1.79. The van der Waals surface area contributed by atoms with E-state index in [4.69, 9.17) is 10.00 Å². The zero-order chi connectivity index (χ0) is 15.8. The van der Waals surface area contributed by atoms with E-state index < -0.39 is 5.97 Å². The highest BCUT2D eigenvalue weighted by Crippen LogP contribution is 2.27. The Bertz CT molecular complexity index is 591. The first kappa shape index (κ1) is 16.0. The Morgan fingerprint density at radius 2 is 1.86 bits per heavy atom. The monoisotopic (exact) mass is 299 g/mol. The first-order valence-electron chi connectivity index (χ1n) is 7.38. The van der Waals surface area contributed by atoms with Crippen molar-refractivity contribution in [2.24, 2.45) is 5.92 Å². The quantitative estimate of drug-likeness (QED) is 0.476. The molecule has 3 nitrogen and oxygen atoms in total. The third-order valence-corrected chi connectivity index (χ3v) is 3.74. The largest absolute Gasteiger partial charge is 0.459 e. The number of rotatable bonds is 4. The van der Waals surface area contributed by atoms with Crippen LogP contribution in [0.1, 0.15) is 36.0 Å². The summed E-state index contributed by atoms with van der Waals surface area (Å²) in [6.45, 7) is 0. The number of benzene rings is 1. The van der Waals surface area contributed by atoms with Gasteiger partial charge in [0.25, 0.3) is 0 Å². The molecule has 1 aromatic rings. The Labute approximate surface area is 129 Å². The van der Waals surface area contributed by atoms with E-state index in [2.05, 4.69) is 6.08 Å². The molecule has 0 unspecified atom stereocenters. The second-order valence-corrected chi connectivity index (χ2v) is 5.32. The van der Waals surface area contributed by atoms with E-state index in [0.717, 1.165) is 25.7 Å². The van der Waals surface area contributed by atoms with Gasteiger partial charge in [-0.05, 0) is 55.9 Å². The van der Waals surface area contributed by atoms with Crippen LogP contribution < -0.4 is 0 Å². The molecule has 1 aliphatic carbocycles. The van der Waals surface area contributed by atoms with Gasteiger partial charge in [0.1, 0.15) is 11.9 Å². The molecule has 0 aliphatic heterocycles. The lowest BCUT2D eigenvalue weighted by molar-refractivity contribution is 0.0185. The van der Waals surface area contributed by atoms with Crippen LogP contribution in [-0.4, -0.2) is 12.1 Å². The van der Waals surface area contributed by atoms with Crippen molar-refractivity contribution in [3.63, 3.8) is 0 Å². The molecule has 0 saturated heterocycles. The molecule has 0 bridgehead atoms. The van der Waals surface area contributed by atoms with Crippen LogP contribution in [0.5, 0.6) is 0 Å². The maximum atomic E-state index is 12.8. The third-order valence-electron chi connectivity index (χ3n) is 3.74. The second kappa shape index (κ2) is 8.14. The number of allylic oxidation sites excluding steroid dienone is 4. The highest BCUT2D eigenvalue weighted by Gasteiger charge is 2.23. The maximum Gasteiger partial charge on any atom is 0.338 e. The van der Waals surface area contributed by atoms with E-state index in [1.807, 2.05) is 12.1 Å². The van der Waals surface area contributed by atoms with Crippen LogP contribution in [-0.2, 0) is 4.74 Å². The van der Waals surface area contributed by atoms with Gasteiger partial charge in [0.05, 0.1) is 11.6 Å². The SMILES string of the molecule is N#CC=CC=CC1CCC(OC(=O)c2ccc(F)cc2)CC1. The number of carbonyl (C=O) groups is 1. The lowest BCUT2D eigenvalue weighted by atomic mass is 9.87. The summed E-state index contributed by atoms with van der Waals surface area (Å²) in [5.74, 6) is -0.297. The molecule has 114 valence electrons. The summed E-state index contributed by atoms with van der Waals surface area (Å²) in [5.41, 5.74) is 0.380. The number of ether oxygens (including phenoxy) is 1. The predicted molar refractivity (Wildman–Crippen MR) is 81.5 cm³/mol. The number of nitrogens with zero attached hydrogens (tertiary/aromatic N) is 1. The average molecular weight is 299 g/mol. The summed E-state index contributed by atoms with van der Waals surface area (Å²) in [4.78, 5) is 12.0. The lowest BCUT2D eigenvalue weighted by Crippen LogP contribution is -2.24. The summed E-state index contributed by atoms with van der Waals surface area (Å²) in [6.07, 6.45) is 10.6. The van der Waals surface area contributed by atoms with Gasteiger partial charge in [-0.3, -0.25) is 0 Å². The molecule has 2 rings (SSSR count). The number of carbonyl (C=O) groups excluding carboxylic acids is 1. The highest BCUT2D eigenvalue weighted by atomic mass is 19.1. The minimum Gasteiger partial charge on any atom is -0.459 e. The summed E-state index contributed by atoms with van der Waals surface area (Å²) >= 11 is 0. The number of hydrogen-bond donors (Lipinski definition) is 0. The van der Waals surface area contributed by atoms with Crippen LogP contribution in [0.4, 0.5) is 4.39 Å². The van der Waals surface area contributed by atoms with Crippen molar-refractivity contribution in [2.45, 2.75) is 31.8 Å². The van der Waals surface area contributed by atoms with Crippen molar-refractivity contribution >= 4 is 5.97 Å². The van der Waals surface area contributed by atoms with E-state index in [1.54, 1.807) is 6.08 Å². The normalized spacial score (nSPS) is 21.8. The predicted octanol–water partition coefficient (Wildman–Crippen LogP) is 4.18. The molecule has 22 heavy (non-hydrogen) atoms. The van der Waals surface area contributed by atoms with Gasteiger partial charge in [-0.2, -0.15) is 5.26 Å². The van der Waals surface area contributed by atoms with E-state index in [9.17, 15) is 9.18 Å². The van der Waals surface area contributed by atoms with E-state index in [0.29, 0.717) is 11.5 Å². The second-order valence-electron chi connectivity index (χ2n) is 5.32. The van der Waals surface area contributed by atoms with Gasteiger partial charge in [0.15, 0.2) is 0 Å². The Morgan fingerprint density at radius 1 is 1.18 bits per heavy atom. The van der Waals surface area contributed by atoms with Crippen molar-refractivity contribution in [3.8, 4) is 6.07 Å². The van der Waals surface area contributed by atoms with Gasteiger partial charge in [-0.15, -0.1) is 0 Å². The molecule has 0 heterocycles. The van der Waals surface area contributed by atoms with Crippen molar-refractivity contribution in [1.82, 2.24) is 0 Å². The van der Waals surface area contributed by atoms with Crippen LogP contribution in [0.25, 0.3) is 0 Å². The van der Waals surface area contributed by atoms with Gasteiger partial charge in [-0.25, -0.2) is 9.18 Å². The fourth-order valence-corrected chi connectivity index (χ4v) is 2.52. The van der Waals surface area contributed by atoms with Crippen LogP contribution in [0, 0.1) is 23.1 Å². The molecule has 0 aromatic heterocycles. The summed E-state index contributed by atoms with van der Waals surface area (Å²) in [7, 11) is 0. The number of nitriles is 1. The maximum absolute atomic E-state index is 12.8. The smallest absolute Gasteiger partial charge is 0.338 e. The van der Waals surface area contributed by atoms with Crippen molar-refractivity contribution < 1.29 is 13.9 Å². The number of hydrogen-bond acceptors (Lipinski definition) is 3. The molecule has 1 aromatic carbocycles. The first-order valence-corrected chi connectivity index (χ1v) is 7.38. The molecular weight excluding hydrogens is 281 g/mol. The summed E-state index contributed by atoms with van der Waals surface area (Å²) in [6, 6.07) is 7.33. The standard InChI is InChI=1S/C18H18FNO2/c19-16-9-7-15(8-10-16)18(21)22-17-11-5-14(6-12-17)4-2-1-3-13-20/h1-4,7-10,14,17H,5-6,11-12H2. The lowest BCUT2D eigenvalue weighted by Gasteiger charge is -2.26. The molecule has 1 aliphatic rings. The number of halogens is 1. The zero-order valence-electron chi connectivity index (χ0n) is 12.2. The van der Waals surface area contributed by atoms with Crippen LogP contribution in [0.3, 0.4) is 0 Å². The molecule has 0 N–H and O–H groups in total. The van der Waals surface area contributed by atoms with Gasteiger partial charge < -0.3 is 4.74 Å². The zero-order valence-corrected chi connectivity index (χ0v) is 12.2. The fourth-order valence-electron chi connectivity index (χ4n) is 2.52. The van der Waals surface area contributed by atoms with Gasteiger partial charge in [0, 0.05) is 6.08 Å². The van der Waals surface area contributed by atoms with Gasteiger partial charge in [0.2, 0.25) is 0 Å². The third kappa shape index (κ3) is 4.85. The van der Waals surface area contributed by atoms with Crippen molar-refractivity contribution in [1.29, 1.82) is 5.26 Å². The van der Waals surface area contributed by atoms with Crippen LogP contribution in [0.15, 0.2) is 48.6 Å².